The number of aryl methyl sites for hydroxylation is 1. The third kappa shape index (κ3) is 8.43. The molecule has 6 rings (SSSR count). The first-order chi connectivity index (χ1) is 22.9. The summed E-state index contributed by atoms with van der Waals surface area (Å²) in [5.41, 5.74) is 4.30. The molecule has 1 aliphatic carbocycles. The monoisotopic (exact) mass is 684 g/mol. The molecule has 2 aromatic rings. The van der Waals surface area contributed by atoms with Gasteiger partial charge in [0.15, 0.2) is 6.29 Å². The van der Waals surface area contributed by atoms with E-state index in [0.29, 0.717) is 42.4 Å². The largest absolute Gasteiger partial charge is 0.491 e. The number of fused-ring (bicyclic) bond motifs is 2. The van der Waals surface area contributed by atoms with Crippen molar-refractivity contribution in [2.24, 2.45) is 23.7 Å². The van der Waals surface area contributed by atoms with Crippen LogP contribution in [0.15, 0.2) is 36.4 Å². The lowest BCUT2D eigenvalue weighted by Crippen LogP contribution is -2.47. The number of unbranched alkanes of at least 4 members (excludes halogenated alkanes) is 1. The summed E-state index contributed by atoms with van der Waals surface area (Å²) >= 11 is 8.01. The molecule has 3 aliphatic heterocycles. The maximum atomic E-state index is 13.6. The number of rotatable bonds is 7. The maximum Gasteiger partial charge on any atom is 0.261 e. The van der Waals surface area contributed by atoms with Gasteiger partial charge in [-0.2, -0.15) is 0 Å². The second-order valence-corrected chi connectivity index (χ2v) is 15.6. The van der Waals surface area contributed by atoms with Crippen LogP contribution in [0.1, 0.15) is 92.6 Å². The van der Waals surface area contributed by atoms with Gasteiger partial charge in [-0.05, 0) is 116 Å². The number of halogens is 1. The predicted octanol–water partition coefficient (Wildman–Crippen LogP) is 8.28. The molecular weight excluding hydrogens is 632 g/mol. The Bertz CT molecular complexity index is 1340. The van der Waals surface area contributed by atoms with Gasteiger partial charge in [0, 0.05) is 42.6 Å². The normalized spacial score (nSPS) is 29.2. The first-order valence-electron chi connectivity index (χ1n) is 17.9. The summed E-state index contributed by atoms with van der Waals surface area (Å²) in [6.07, 6.45) is 9.78. The van der Waals surface area contributed by atoms with Crippen LogP contribution in [-0.4, -0.2) is 64.1 Å². The van der Waals surface area contributed by atoms with Crippen molar-refractivity contribution < 1.29 is 23.7 Å². The van der Waals surface area contributed by atoms with Gasteiger partial charge in [-0.1, -0.05) is 44.4 Å². The van der Waals surface area contributed by atoms with Gasteiger partial charge in [-0.15, -0.1) is 0 Å². The molecule has 0 spiro atoms. The fourth-order valence-electron chi connectivity index (χ4n) is 8.05. The fraction of sp³-hybridized carbons (Fsp3) is 0.658. The third-order valence-electron chi connectivity index (χ3n) is 10.9. The first kappa shape index (κ1) is 34.9. The second-order valence-electron chi connectivity index (χ2n) is 14.1. The molecule has 1 amide bonds. The molecule has 1 saturated heterocycles. The Labute approximate surface area is 290 Å². The molecule has 1 N–H and O–H groups in total. The summed E-state index contributed by atoms with van der Waals surface area (Å²) in [7, 11) is 1.74. The molecule has 3 heterocycles. The number of methoxy groups -OCH3 is 1. The number of ether oxygens (including phenoxy) is 4. The molecule has 2 fully saturated rings. The summed E-state index contributed by atoms with van der Waals surface area (Å²) in [5.74, 6) is 2.78. The zero-order chi connectivity index (χ0) is 32.8. The SMILES string of the molecule is CCCCc1cc(Cl)ccc1C1COc2ccc3cc2N(C1)CC1CCC1C(C1OCCCO1)CCCC(C)C(COC)SNC3=O. The summed E-state index contributed by atoms with van der Waals surface area (Å²) in [6.45, 7) is 9.00. The summed E-state index contributed by atoms with van der Waals surface area (Å²) in [4.78, 5) is 16.1. The minimum atomic E-state index is -0.122. The van der Waals surface area contributed by atoms with Gasteiger partial charge in [0.05, 0.1) is 37.4 Å². The second kappa shape index (κ2) is 16.6. The molecule has 0 radical (unpaired) electrons. The van der Waals surface area contributed by atoms with Crippen LogP contribution >= 0.6 is 23.5 Å². The molecule has 47 heavy (non-hydrogen) atoms. The van der Waals surface area contributed by atoms with E-state index in [1.807, 2.05) is 24.3 Å². The van der Waals surface area contributed by atoms with Gasteiger partial charge in [-0.25, -0.2) is 0 Å². The third-order valence-corrected chi connectivity index (χ3v) is 12.4. The fourth-order valence-corrected chi connectivity index (χ4v) is 9.20. The van der Waals surface area contributed by atoms with Crippen molar-refractivity contribution in [3.05, 3.63) is 58.1 Å². The van der Waals surface area contributed by atoms with E-state index in [1.54, 1.807) is 7.11 Å². The molecule has 4 aliphatic rings. The average molecular weight is 685 g/mol. The molecule has 2 aromatic carbocycles. The predicted molar refractivity (Wildman–Crippen MR) is 191 cm³/mol. The Balaban J connectivity index is 1.34. The molecule has 6 unspecified atom stereocenters. The molecule has 1 saturated carbocycles. The van der Waals surface area contributed by atoms with Crippen LogP contribution in [0.2, 0.25) is 5.02 Å². The van der Waals surface area contributed by atoms with Crippen molar-refractivity contribution >= 4 is 35.1 Å². The number of carbonyl (C=O) groups excluding carboxylic acids is 1. The van der Waals surface area contributed by atoms with Crippen LogP contribution in [0, 0.1) is 23.7 Å². The van der Waals surface area contributed by atoms with E-state index in [1.165, 1.54) is 35.9 Å². The zero-order valence-electron chi connectivity index (χ0n) is 28.4. The zero-order valence-corrected chi connectivity index (χ0v) is 30.0. The van der Waals surface area contributed by atoms with E-state index in [9.17, 15) is 4.79 Å². The number of nitrogens with zero attached hydrogens (tertiary/aromatic N) is 1. The summed E-state index contributed by atoms with van der Waals surface area (Å²) in [6, 6.07) is 12.3. The van der Waals surface area contributed by atoms with E-state index in [4.69, 9.17) is 30.5 Å². The van der Waals surface area contributed by atoms with Crippen molar-refractivity contribution in [2.45, 2.75) is 89.1 Å². The minimum absolute atomic E-state index is 0.0771. The standard InChI is InChI=1S/C38H53ClN2O5S/c1-4-5-9-26-19-30(39)13-15-31(26)29-22-41-21-28-11-14-32(28)33(38-44-17-7-18-45-38)10-6-8-25(2)36(24-43-3)47-40-37(42)27-12-16-35(46-23-29)34(41)20-27/h12-13,15-16,19-20,25,28-29,32-33,36,38H,4-11,14,17-18,21-24H2,1-3H3,(H,40,42). The van der Waals surface area contributed by atoms with Crippen molar-refractivity contribution in [1.82, 2.24) is 4.72 Å². The van der Waals surface area contributed by atoms with Crippen molar-refractivity contribution in [3.63, 3.8) is 0 Å². The van der Waals surface area contributed by atoms with Crippen LogP contribution < -0.4 is 14.4 Å². The average Bonchev–Trinajstić information content (AvgIpc) is 3.25. The lowest BCUT2D eigenvalue weighted by atomic mass is 9.65. The number of anilines is 1. The highest BCUT2D eigenvalue weighted by molar-refractivity contribution is 7.98. The first-order valence-corrected chi connectivity index (χ1v) is 19.2. The van der Waals surface area contributed by atoms with E-state index >= 15 is 0 Å². The number of benzene rings is 2. The lowest BCUT2D eigenvalue weighted by Gasteiger charge is -2.47. The number of hydrogen-bond acceptors (Lipinski definition) is 7. The number of hydrogen-bond donors (Lipinski definition) is 1. The molecule has 2 bridgehead atoms. The molecule has 258 valence electrons. The smallest absolute Gasteiger partial charge is 0.261 e. The van der Waals surface area contributed by atoms with Crippen LogP contribution in [0.4, 0.5) is 5.69 Å². The van der Waals surface area contributed by atoms with E-state index in [-0.39, 0.29) is 23.4 Å². The maximum absolute atomic E-state index is 13.6. The van der Waals surface area contributed by atoms with Crippen molar-refractivity contribution in [3.8, 4) is 5.75 Å². The number of carbonyl (C=O) groups is 1. The minimum Gasteiger partial charge on any atom is -0.491 e. The van der Waals surface area contributed by atoms with Gasteiger partial charge in [0.2, 0.25) is 0 Å². The molecule has 0 aromatic heterocycles. The van der Waals surface area contributed by atoms with E-state index in [0.717, 1.165) is 87.7 Å². The summed E-state index contributed by atoms with van der Waals surface area (Å²) in [5, 5.41) is 0.950. The number of amides is 1. The molecule has 6 atom stereocenters. The molecule has 7 nitrogen and oxygen atoms in total. The highest BCUT2D eigenvalue weighted by Gasteiger charge is 2.43. The van der Waals surface area contributed by atoms with Gasteiger partial charge in [0.1, 0.15) is 5.75 Å². The number of nitrogens with one attached hydrogen (secondary N) is 1. The quantitative estimate of drug-likeness (QED) is 0.295. The Hall–Kier alpha value is -1.97. The van der Waals surface area contributed by atoms with Gasteiger partial charge < -0.3 is 23.8 Å². The molecule has 9 heteroatoms. The van der Waals surface area contributed by atoms with Crippen LogP contribution in [0.3, 0.4) is 0 Å². The Morgan fingerprint density at radius 1 is 1.02 bits per heavy atom. The van der Waals surface area contributed by atoms with Crippen LogP contribution in [-0.2, 0) is 20.6 Å². The van der Waals surface area contributed by atoms with Crippen LogP contribution in [0.5, 0.6) is 5.75 Å². The van der Waals surface area contributed by atoms with Crippen LogP contribution in [0.25, 0.3) is 0 Å². The van der Waals surface area contributed by atoms with Crippen molar-refractivity contribution in [2.75, 3.05) is 51.5 Å². The van der Waals surface area contributed by atoms with Gasteiger partial charge in [-0.3, -0.25) is 9.52 Å². The Morgan fingerprint density at radius 3 is 2.64 bits per heavy atom. The van der Waals surface area contributed by atoms with Gasteiger partial charge in [0.25, 0.3) is 5.91 Å². The van der Waals surface area contributed by atoms with Crippen molar-refractivity contribution in [1.29, 1.82) is 0 Å². The molecular formula is C38H53ClN2O5S. The Morgan fingerprint density at radius 2 is 1.87 bits per heavy atom. The highest BCUT2D eigenvalue weighted by Crippen LogP contribution is 2.47. The van der Waals surface area contributed by atoms with E-state index < -0.39 is 0 Å². The lowest BCUT2D eigenvalue weighted by molar-refractivity contribution is -0.224. The van der Waals surface area contributed by atoms with E-state index in [2.05, 4.69) is 35.6 Å². The highest BCUT2D eigenvalue weighted by atomic mass is 35.5. The van der Waals surface area contributed by atoms with Gasteiger partial charge >= 0.3 is 0 Å². The Kier molecular flexibility index (Phi) is 12.3. The topological polar surface area (TPSA) is 69.3 Å². The summed E-state index contributed by atoms with van der Waals surface area (Å²) < 4.78 is 28.0.